The molecule has 4 heteroatoms. The molecule has 0 aromatic heterocycles. The number of benzene rings is 1. The second-order valence-electron chi connectivity index (χ2n) is 4.15. The van der Waals surface area contributed by atoms with Crippen LogP contribution in [0.3, 0.4) is 0 Å². The summed E-state index contributed by atoms with van der Waals surface area (Å²) in [4.78, 5) is 0. The van der Waals surface area contributed by atoms with Crippen molar-refractivity contribution in [1.82, 2.24) is 5.32 Å². The molecule has 1 fully saturated rings. The summed E-state index contributed by atoms with van der Waals surface area (Å²) in [5.41, 5.74) is 1.24. The maximum atomic E-state index is 5.35. The molecule has 0 spiro atoms. The molecule has 1 saturated heterocycles. The van der Waals surface area contributed by atoms with Gasteiger partial charge < -0.3 is 19.5 Å². The molecule has 1 N–H and O–H groups in total. The van der Waals surface area contributed by atoms with Gasteiger partial charge in [0.15, 0.2) is 11.5 Å². The van der Waals surface area contributed by atoms with E-state index in [-0.39, 0.29) is 0 Å². The smallest absolute Gasteiger partial charge is 0.203 e. The topological polar surface area (TPSA) is 39.7 Å². The second kappa shape index (κ2) is 5.27. The van der Waals surface area contributed by atoms with E-state index in [9.17, 15) is 0 Å². The van der Waals surface area contributed by atoms with Crippen molar-refractivity contribution in [3.05, 3.63) is 17.7 Å². The molecule has 0 aliphatic carbocycles. The van der Waals surface area contributed by atoms with Crippen LogP contribution in [-0.2, 0) is 0 Å². The molecule has 1 aliphatic rings. The summed E-state index contributed by atoms with van der Waals surface area (Å²) in [7, 11) is 4.92. The quantitative estimate of drug-likeness (QED) is 0.866. The average Bonchev–Trinajstić information content (AvgIpc) is 2.90. The highest BCUT2D eigenvalue weighted by Gasteiger charge is 2.21. The van der Waals surface area contributed by atoms with Crippen LogP contribution < -0.4 is 19.5 Å². The van der Waals surface area contributed by atoms with Crippen LogP contribution in [-0.4, -0.2) is 34.4 Å². The number of methoxy groups -OCH3 is 3. The van der Waals surface area contributed by atoms with Gasteiger partial charge in [0, 0.05) is 6.54 Å². The van der Waals surface area contributed by atoms with Crippen molar-refractivity contribution in [2.75, 3.05) is 34.4 Å². The minimum atomic E-state index is 0.531. The number of hydrogen-bond acceptors (Lipinski definition) is 4. The van der Waals surface area contributed by atoms with Crippen molar-refractivity contribution in [2.45, 2.75) is 12.3 Å². The third-order valence-electron chi connectivity index (χ3n) is 3.22. The molecule has 94 valence electrons. The molecule has 0 bridgehead atoms. The summed E-state index contributed by atoms with van der Waals surface area (Å²) in [6.45, 7) is 2.08. The molecular weight excluding hydrogens is 218 g/mol. The molecule has 1 aromatic carbocycles. The largest absolute Gasteiger partial charge is 0.493 e. The van der Waals surface area contributed by atoms with Crippen molar-refractivity contribution in [2.24, 2.45) is 0 Å². The third-order valence-corrected chi connectivity index (χ3v) is 3.22. The van der Waals surface area contributed by atoms with Gasteiger partial charge in [-0.1, -0.05) is 0 Å². The fourth-order valence-corrected chi connectivity index (χ4v) is 2.28. The van der Waals surface area contributed by atoms with E-state index in [1.165, 1.54) is 5.56 Å². The number of nitrogens with one attached hydrogen (secondary N) is 1. The van der Waals surface area contributed by atoms with E-state index in [4.69, 9.17) is 14.2 Å². The first-order chi connectivity index (χ1) is 8.30. The third kappa shape index (κ3) is 2.31. The summed E-state index contributed by atoms with van der Waals surface area (Å²) in [6, 6.07) is 4.08. The van der Waals surface area contributed by atoms with E-state index < -0.39 is 0 Å². The summed E-state index contributed by atoms with van der Waals surface area (Å²) in [6.07, 6.45) is 1.15. The van der Waals surface area contributed by atoms with Gasteiger partial charge in [0.05, 0.1) is 21.3 Å². The fourth-order valence-electron chi connectivity index (χ4n) is 2.28. The normalized spacial score (nSPS) is 19.1. The fraction of sp³-hybridized carbons (Fsp3) is 0.538. The van der Waals surface area contributed by atoms with Crippen molar-refractivity contribution in [3.8, 4) is 17.2 Å². The van der Waals surface area contributed by atoms with E-state index in [1.807, 2.05) is 12.1 Å². The molecule has 1 heterocycles. The van der Waals surface area contributed by atoms with Crippen molar-refractivity contribution >= 4 is 0 Å². The zero-order valence-corrected chi connectivity index (χ0v) is 10.6. The van der Waals surface area contributed by atoms with Crippen molar-refractivity contribution < 1.29 is 14.2 Å². The van der Waals surface area contributed by atoms with Gasteiger partial charge in [-0.05, 0) is 36.6 Å². The molecule has 1 aromatic rings. The Hall–Kier alpha value is -1.42. The van der Waals surface area contributed by atoms with Gasteiger partial charge in [-0.15, -0.1) is 0 Å². The predicted molar refractivity (Wildman–Crippen MR) is 66.3 cm³/mol. The van der Waals surface area contributed by atoms with Crippen LogP contribution in [0.4, 0.5) is 0 Å². The van der Waals surface area contributed by atoms with Gasteiger partial charge in [0.1, 0.15) is 0 Å². The maximum Gasteiger partial charge on any atom is 0.203 e. The molecule has 0 saturated carbocycles. The van der Waals surface area contributed by atoms with Gasteiger partial charge in [-0.2, -0.15) is 0 Å². The molecule has 0 amide bonds. The molecular formula is C13H19NO3. The van der Waals surface area contributed by atoms with Crippen LogP contribution in [0.15, 0.2) is 12.1 Å². The van der Waals surface area contributed by atoms with Crippen LogP contribution in [0.1, 0.15) is 17.9 Å². The van der Waals surface area contributed by atoms with Gasteiger partial charge in [-0.3, -0.25) is 0 Å². The maximum absolute atomic E-state index is 5.35. The van der Waals surface area contributed by atoms with Crippen LogP contribution in [0, 0.1) is 0 Å². The number of rotatable bonds is 4. The van der Waals surface area contributed by atoms with Crippen LogP contribution in [0.5, 0.6) is 17.2 Å². The summed E-state index contributed by atoms with van der Waals surface area (Å²) < 4.78 is 16.0. The summed E-state index contributed by atoms with van der Waals surface area (Å²) in [5.74, 6) is 2.65. The Morgan fingerprint density at radius 1 is 1.06 bits per heavy atom. The highest BCUT2D eigenvalue weighted by Crippen LogP contribution is 2.40. The zero-order chi connectivity index (χ0) is 12.3. The summed E-state index contributed by atoms with van der Waals surface area (Å²) >= 11 is 0. The van der Waals surface area contributed by atoms with E-state index in [1.54, 1.807) is 21.3 Å². The summed E-state index contributed by atoms with van der Waals surface area (Å²) in [5, 5.41) is 3.36. The van der Waals surface area contributed by atoms with E-state index >= 15 is 0 Å². The van der Waals surface area contributed by atoms with Crippen LogP contribution in [0.2, 0.25) is 0 Å². The molecule has 1 atom stereocenters. The zero-order valence-electron chi connectivity index (χ0n) is 10.6. The minimum Gasteiger partial charge on any atom is -0.493 e. The average molecular weight is 237 g/mol. The lowest BCUT2D eigenvalue weighted by atomic mass is 9.97. The Kier molecular flexibility index (Phi) is 3.74. The van der Waals surface area contributed by atoms with Crippen molar-refractivity contribution in [3.63, 3.8) is 0 Å². The monoisotopic (exact) mass is 237 g/mol. The van der Waals surface area contributed by atoms with Gasteiger partial charge >= 0.3 is 0 Å². The Bertz CT molecular complexity index is 361. The lowest BCUT2D eigenvalue weighted by Crippen LogP contribution is -2.08. The predicted octanol–water partition coefficient (Wildman–Crippen LogP) is 1.79. The first-order valence-electron chi connectivity index (χ1n) is 5.80. The first kappa shape index (κ1) is 12.0. The Balaban J connectivity index is 2.40. The van der Waals surface area contributed by atoms with Gasteiger partial charge in [-0.25, -0.2) is 0 Å². The Morgan fingerprint density at radius 3 is 2.12 bits per heavy atom. The Labute approximate surface area is 102 Å². The first-order valence-corrected chi connectivity index (χ1v) is 5.80. The SMILES string of the molecule is COc1cc(C2CCNC2)cc(OC)c1OC. The lowest BCUT2D eigenvalue weighted by Gasteiger charge is -2.16. The van der Waals surface area contributed by atoms with E-state index in [2.05, 4.69) is 5.32 Å². The number of ether oxygens (including phenoxy) is 3. The van der Waals surface area contributed by atoms with E-state index in [0.29, 0.717) is 11.7 Å². The molecule has 0 radical (unpaired) electrons. The molecule has 1 unspecified atom stereocenters. The van der Waals surface area contributed by atoms with Gasteiger partial charge in [0.2, 0.25) is 5.75 Å². The standard InChI is InChI=1S/C13H19NO3/c1-15-11-6-10(9-4-5-14-8-9)7-12(16-2)13(11)17-3/h6-7,9,14H,4-5,8H2,1-3H3. The number of hydrogen-bond donors (Lipinski definition) is 1. The highest BCUT2D eigenvalue weighted by molar-refractivity contribution is 5.54. The lowest BCUT2D eigenvalue weighted by molar-refractivity contribution is 0.323. The van der Waals surface area contributed by atoms with E-state index in [0.717, 1.165) is 31.0 Å². The second-order valence-corrected chi connectivity index (χ2v) is 4.15. The molecule has 2 rings (SSSR count). The van der Waals surface area contributed by atoms with Crippen LogP contribution in [0.25, 0.3) is 0 Å². The molecule has 4 nitrogen and oxygen atoms in total. The van der Waals surface area contributed by atoms with Gasteiger partial charge in [0.25, 0.3) is 0 Å². The highest BCUT2D eigenvalue weighted by atomic mass is 16.5. The van der Waals surface area contributed by atoms with Crippen molar-refractivity contribution in [1.29, 1.82) is 0 Å². The van der Waals surface area contributed by atoms with Crippen LogP contribution >= 0.6 is 0 Å². The molecule has 1 aliphatic heterocycles. The molecule has 17 heavy (non-hydrogen) atoms. The minimum absolute atomic E-state index is 0.531. The Morgan fingerprint density at radius 2 is 1.71 bits per heavy atom.